The van der Waals surface area contributed by atoms with E-state index in [1.807, 2.05) is 30.5 Å². The van der Waals surface area contributed by atoms with Gasteiger partial charge in [-0.15, -0.1) is 11.8 Å². The van der Waals surface area contributed by atoms with Crippen molar-refractivity contribution in [3.8, 4) is 0 Å². The van der Waals surface area contributed by atoms with E-state index in [1.165, 1.54) is 6.92 Å². The first kappa shape index (κ1) is 20.8. The third-order valence-electron chi connectivity index (χ3n) is 3.32. The highest BCUT2D eigenvalue weighted by molar-refractivity contribution is 7.98. The molecule has 0 radical (unpaired) electrons. The lowest BCUT2D eigenvalue weighted by Gasteiger charge is -2.16. The molecular weight excluding hydrogens is 346 g/mol. The van der Waals surface area contributed by atoms with Gasteiger partial charge in [0.25, 0.3) is 0 Å². The molecule has 0 spiro atoms. The maximum atomic E-state index is 11.7. The van der Waals surface area contributed by atoms with E-state index in [-0.39, 0.29) is 19.4 Å². The van der Waals surface area contributed by atoms with Crippen molar-refractivity contribution in [2.75, 3.05) is 12.8 Å². The molecule has 0 saturated heterocycles. The minimum Gasteiger partial charge on any atom is -0.481 e. The number of hydrogen-bond acceptors (Lipinski definition) is 6. The van der Waals surface area contributed by atoms with E-state index >= 15 is 0 Å². The average Bonchev–Trinajstić information content (AvgIpc) is 2.58. The number of thioether (sulfide) groups is 1. The summed E-state index contributed by atoms with van der Waals surface area (Å²) in [6.45, 7) is 2.94. The van der Waals surface area contributed by atoms with Gasteiger partial charge in [0.05, 0.1) is 5.92 Å². The fourth-order valence-electron chi connectivity index (χ4n) is 2.02. The highest BCUT2D eigenvalue weighted by atomic mass is 32.2. The van der Waals surface area contributed by atoms with Gasteiger partial charge in [0.15, 0.2) is 0 Å². The molecule has 0 saturated carbocycles. The van der Waals surface area contributed by atoms with Gasteiger partial charge in [-0.25, -0.2) is 4.79 Å². The third kappa shape index (κ3) is 7.93. The van der Waals surface area contributed by atoms with Crippen LogP contribution < -0.4 is 5.32 Å². The van der Waals surface area contributed by atoms with Gasteiger partial charge in [-0.3, -0.25) is 9.59 Å². The number of carbonyl (C=O) groups is 3. The van der Waals surface area contributed by atoms with Crippen molar-refractivity contribution in [1.82, 2.24) is 5.32 Å². The molecule has 0 aromatic heterocycles. The Hall–Kier alpha value is -2.22. The molecule has 0 aliphatic heterocycles. The molecule has 1 aromatic carbocycles. The lowest BCUT2D eigenvalue weighted by Crippen LogP contribution is -2.36. The Bertz CT molecular complexity index is 607. The second-order valence-electron chi connectivity index (χ2n) is 5.29. The lowest BCUT2D eigenvalue weighted by molar-refractivity contribution is -0.164. The van der Waals surface area contributed by atoms with Crippen LogP contribution in [0.4, 0.5) is 4.79 Å². The second-order valence-corrected chi connectivity index (χ2v) is 6.17. The molecule has 8 heteroatoms. The first-order valence-electron chi connectivity index (χ1n) is 7.85. The van der Waals surface area contributed by atoms with Gasteiger partial charge < -0.3 is 19.9 Å². The van der Waals surface area contributed by atoms with E-state index in [9.17, 15) is 19.5 Å². The lowest BCUT2D eigenvalue weighted by atomic mass is 9.99. The van der Waals surface area contributed by atoms with Gasteiger partial charge >= 0.3 is 18.0 Å². The molecule has 7 nitrogen and oxygen atoms in total. The maximum Gasteiger partial charge on any atom is 0.410 e. The van der Waals surface area contributed by atoms with E-state index in [0.29, 0.717) is 0 Å². The normalized spacial score (nSPS) is 12.8. The van der Waals surface area contributed by atoms with Crippen LogP contribution in [0.15, 0.2) is 29.2 Å². The van der Waals surface area contributed by atoms with Crippen LogP contribution in [0.2, 0.25) is 0 Å². The number of carbonyl (C=O) groups excluding carboxylic acids is 2. The molecule has 1 aromatic rings. The van der Waals surface area contributed by atoms with Crippen molar-refractivity contribution < 1.29 is 29.0 Å². The van der Waals surface area contributed by atoms with E-state index in [0.717, 1.165) is 10.5 Å². The Morgan fingerprint density at radius 1 is 1.28 bits per heavy atom. The summed E-state index contributed by atoms with van der Waals surface area (Å²) in [7, 11) is 0. The third-order valence-corrected chi connectivity index (χ3v) is 4.04. The van der Waals surface area contributed by atoms with Gasteiger partial charge in [0, 0.05) is 24.8 Å². The number of amides is 1. The van der Waals surface area contributed by atoms with Crippen molar-refractivity contribution in [1.29, 1.82) is 0 Å². The van der Waals surface area contributed by atoms with E-state index in [1.54, 1.807) is 18.7 Å². The van der Waals surface area contributed by atoms with Gasteiger partial charge in [-0.1, -0.05) is 19.1 Å². The van der Waals surface area contributed by atoms with Crippen LogP contribution in [-0.4, -0.2) is 42.2 Å². The Balaban J connectivity index is 2.53. The zero-order valence-electron chi connectivity index (χ0n) is 14.5. The molecule has 0 aliphatic carbocycles. The highest BCUT2D eigenvalue weighted by Crippen LogP contribution is 2.18. The summed E-state index contributed by atoms with van der Waals surface area (Å²) in [5, 5.41) is 11.7. The molecule has 0 aliphatic rings. The highest BCUT2D eigenvalue weighted by Gasteiger charge is 2.20. The molecule has 0 bridgehead atoms. The monoisotopic (exact) mass is 369 g/mol. The Morgan fingerprint density at radius 3 is 2.60 bits per heavy atom. The first-order valence-corrected chi connectivity index (χ1v) is 9.07. The summed E-state index contributed by atoms with van der Waals surface area (Å²) >= 11 is 1.57. The predicted octanol–water partition coefficient (Wildman–Crippen LogP) is 2.68. The van der Waals surface area contributed by atoms with Gasteiger partial charge in [0.1, 0.15) is 0 Å². The van der Waals surface area contributed by atoms with Crippen molar-refractivity contribution in [3.63, 3.8) is 0 Å². The number of esters is 1. The molecule has 2 N–H and O–H groups in total. The molecule has 0 unspecified atom stereocenters. The number of ether oxygens (including phenoxy) is 2. The van der Waals surface area contributed by atoms with Crippen LogP contribution >= 0.6 is 11.8 Å². The maximum absolute atomic E-state index is 11.7. The standard InChI is InChI=1S/C17H23NO6S/c1-4-15(19)23-11(2)24-17(22)18-10-13(16(20)21)8-12-6-5-7-14(9-12)25-3/h5-7,9,11,13H,4,8,10H2,1-3H3,(H,18,22)(H,20,21)/t11-,13-/m0/s1. The van der Waals surface area contributed by atoms with Crippen LogP contribution in [-0.2, 0) is 25.5 Å². The number of carboxylic acids is 1. The van der Waals surface area contributed by atoms with Gasteiger partial charge in [0.2, 0.25) is 6.29 Å². The number of carboxylic acid groups (broad SMARTS) is 1. The number of hydrogen-bond donors (Lipinski definition) is 2. The van der Waals surface area contributed by atoms with Crippen molar-refractivity contribution >= 4 is 29.8 Å². The first-order chi connectivity index (χ1) is 11.8. The number of alkyl carbamates (subject to hydrolysis) is 1. The summed E-state index contributed by atoms with van der Waals surface area (Å²) in [5.74, 6) is -2.30. The van der Waals surface area contributed by atoms with Crippen LogP contribution in [0.5, 0.6) is 0 Å². The molecule has 1 amide bonds. The summed E-state index contributed by atoms with van der Waals surface area (Å²) in [5.41, 5.74) is 0.875. The minimum absolute atomic E-state index is 0.0912. The fraction of sp³-hybridized carbons (Fsp3) is 0.471. The van der Waals surface area contributed by atoms with E-state index in [4.69, 9.17) is 9.47 Å². The van der Waals surface area contributed by atoms with Crippen molar-refractivity contribution in [2.45, 2.75) is 37.9 Å². The fourth-order valence-corrected chi connectivity index (χ4v) is 2.51. The van der Waals surface area contributed by atoms with Gasteiger partial charge in [-0.2, -0.15) is 0 Å². The summed E-state index contributed by atoms with van der Waals surface area (Å²) < 4.78 is 9.66. The number of nitrogens with one attached hydrogen (secondary N) is 1. The quantitative estimate of drug-likeness (QED) is 0.392. The van der Waals surface area contributed by atoms with Crippen molar-refractivity contribution in [3.05, 3.63) is 29.8 Å². The largest absolute Gasteiger partial charge is 0.481 e. The average molecular weight is 369 g/mol. The zero-order chi connectivity index (χ0) is 18.8. The topological polar surface area (TPSA) is 102 Å². The number of benzene rings is 1. The molecule has 1 rings (SSSR count). The summed E-state index contributed by atoms with van der Waals surface area (Å²) in [6.07, 6.45) is 0.530. The van der Waals surface area contributed by atoms with Crippen LogP contribution in [0.25, 0.3) is 0 Å². The van der Waals surface area contributed by atoms with Crippen LogP contribution in [0.1, 0.15) is 25.8 Å². The van der Waals surface area contributed by atoms with E-state index < -0.39 is 30.2 Å². The predicted molar refractivity (Wildman–Crippen MR) is 93.4 cm³/mol. The molecule has 138 valence electrons. The Morgan fingerprint density at radius 2 is 2.00 bits per heavy atom. The van der Waals surface area contributed by atoms with Crippen LogP contribution in [0.3, 0.4) is 0 Å². The zero-order valence-corrected chi connectivity index (χ0v) is 15.3. The minimum atomic E-state index is -1.03. The molecule has 2 atom stereocenters. The summed E-state index contributed by atoms with van der Waals surface area (Å²) in [4.78, 5) is 35.2. The van der Waals surface area contributed by atoms with Gasteiger partial charge in [-0.05, 0) is 30.4 Å². The number of aliphatic carboxylic acids is 1. The molecular formula is C17H23NO6S. The smallest absolute Gasteiger partial charge is 0.410 e. The van der Waals surface area contributed by atoms with Crippen LogP contribution in [0, 0.1) is 5.92 Å². The molecule has 0 heterocycles. The summed E-state index contributed by atoms with van der Waals surface area (Å²) in [6, 6.07) is 7.58. The molecule has 25 heavy (non-hydrogen) atoms. The van der Waals surface area contributed by atoms with Crippen molar-refractivity contribution in [2.24, 2.45) is 5.92 Å². The Labute approximate surface area is 151 Å². The SMILES string of the molecule is CCC(=O)O[C@H](C)OC(=O)NC[C@H](Cc1cccc(SC)c1)C(=O)O. The second kappa shape index (κ2) is 10.6. The molecule has 0 fully saturated rings. The van der Waals surface area contributed by atoms with E-state index in [2.05, 4.69) is 5.32 Å². The number of rotatable bonds is 9. The Kier molecular flexibility index (Phi) is 8.83.